The molecule has 172 valence electrons. The van der Waals surface area contributed by atoms with E-state index < -0.39 is 21.7 Å². The van der Waals surface area contributed by atoms with E-state index in [0.717, 1.165) is 78.6 Å². The Morgan fingerprint density at radius 2 is 1.66 bits per heavy atom. The Morgan fingerprint density at radius 1 is 1.03 bits per heavy atom. The number of aliphatic hydroxyl groups is 1. The van der Waals surface area contributed by atoms with E-state index in [2.05, 4.69) is 10.0 Å². The number of carbonyl (C=O) groups is 1. The number of hydrogen-bond acceptors (Lipinski definition) is 5. The number of fused-ring (bicyclic) bond motifs is 3. The van der Waals surface area contributed by atoms with Crippen molar-refractivity contribution < 1.29 is 22.7 Å². The van der Waals surface area contributed by atoms with Crippen molar-refractivity contribution in [2.24, 2.45) is 0 Å². The van der Waals surface area contributed by atoms with Gasteiger partial charge in [-0.3, -0.25) is 0 Å². The molecule has 2 amide bonds. The lowest BCUT2D eigenvalue weighted by atomic mass is 9.94. The summed E-state index contributed by atoms with van der Waals surface area (Å²) < 4.78 is 33.5. The number of benzene rings is 1. The van der Waals surface area contributed by atoms with Crippen LogP contribution < -0.4 is 10.0 Å². The maximum atomic E-state index is 12.9. The van der Waals surface area contributed by atoms with Crippen LogP contribution in [-0.4, -0.2) is 19.6 Å². The van der Waals surface area contributed by atoms with Gasteiger partial charge >= 0.3 is 6.03 Å². The van der Waals surface area contributed by atoms with Crippen molar-refractivity contribution in [1.82, 2.24) is 4.72 Å². The third kappa shape index (κ3) is 3.62. The Balaban J connectivity index is 1.41. The SMILES string of the molecule is CC1(O)CCCCc2oc(S(=O)(=O)NC(=O)Nc3c4c(c(Cl)c5c3CCC5)CCC4)cc21. The fourth-order valence-electron chi connectivity index (χ4n) is 5.42. The quantitative estimate of drug-likeness (QED) is 0.568. The smallest absolute Gasteiger partial charge is 0.333 e. The molecule has 0 fully saturated rings. The molecular formula is C23H27ClN2O5S. The molecule has 3 aliphatic carbocycles. The Kier molecular flexibility index (Phi) is 5.30. The van der Waals surface area contributed by atoms with Crippen molar-refractivity contribution in [3.8, 4) is 0 Å². The molecule has 1 heterocycles. The van der Waals surface area contributed by atoms with E-state index in [1.165, 1.54) is 6.07 Å². The van der Waals surface area contributed by atoms with E-state index in [4.69, 9.17) is 16.0 Å². The van der Waals surface area contributed by atoms with Gasteiger partial charge < -0.3 is 14.8 Å². The number of rotatable bonds is 3. The number of nitrogens with one attached hydrogen (secondary N) is 2. The van der Waals surface area contributed by atoms with Gasteiger partial charge in [-0.2, -0.15) is 8.42 Å². The van der Waals surface area contributed by atoms with Gasteiger partial charge in [-0.1, -0.05) is 11.6 Å². The van der Waals surface area contributed by atoms with E-state index >= 15 is 0 Å². The zero-order valence-corrected chi connectivity index (χ0v) is 19.6. The molecule has 2 aromatic rings. The molecule has 1 aromatic heterocycles. The van der Waals surface area contributed by atoms with E-state index in [1.807, 2.05) is 0 Å². The second-order valence-corrected chi connectivity index (χ2v) is 11.2. The summed E-state index contributed by atoms with van der Waals surface area (Å²) in [6, 6.07) is 0.516. The minimum atomic E-state index is -4.24. The van der Waals surface area contributed by atoms with Gasteiger partial charge in [0.1, 0.15) is 5.76 Å². The first-order valence-corrected chi connectivity index (χ1v) is 13.1. The normalized spacial score (nSPS) is 22.1. The van der Waals surface area contributed by atoms with Gasteiger partial charge in [0.25, 0.3) is 10.0 Å². The number of halogens is 1. The summed E-state index contributed by atoms with van der Waals surface area (Å²) in [4.78, 5) is 12.8. The minimum Gasteiger partial charge on any atom is -0.447 e. The summed E-state index contributed by atoms with van der Waals surface area (Å²) in [6.07, 6.45) is 7.99. The summed E-state index contributed by atoms with van der Waals surface area (Å²) in [7, 11) is -4.24. The van der Waals surface area contributed by atoms with Crippen LogP contribution in [0.5, 0.6) is 0 Å². The van der Waals surface area contributed by atoms with Gasteiger partial charge in [0, 0.05) is 28.8 Å². The Morgan fingerprint density at radius 3 is 2.31 bits per heavy atom. The zero-order chi connectivity index (χ0) is 22.7. The van der Waals surface area contributed by atoms with Crippen LogP contribution in [0.4, 0.5) is 10.5 Å². The number of sulfonamides is 1. The first-order chi connectivity index (χ1) is 15.2. The molecule has 0 radical (unpaired) electrons. The first kappa shape index (κ1) is 21.8. The van der Waals surface area contributed by atoms with Gasteiger partial charge in [0.15, 0.2) is 0 Å². The molecule has 1 aromatic carbocycles. The summed E-state index contributed by atoms with van der Waals surface area (Å²) in [5.74, 6) is 0.460. The molecule has 3 aliphatic rings. The molecule has 0 saturated carbocycles. The Hall–Kier alpha value is -2.03. The summed E-state index contributed by atoms with van der Waals surface area (Å²) in [5.41, 5.74) is 4.21. The predicted molar refractivity (Wildman–Crippen MR) is 121 cm³/mol. The van der Waals surface area contributed by atoms with Crippen molar-refractivity contribution >= 4 is 33.3 Å². The average molecular weight is 479 g/mol. The fraction of sp³-hybridized carbons (Fsp3) is 0.522. The standard InChI is InChI=1S/C23H27ClN2O5S/c1-23(28)11-3-2-10-18-17(23)12-19(31-18)32(29,30)26-22(27)25-21-15-8-4-6-13(15)20(24)14-7-5-9-16(14)21/h12,28H,2-11H2,1H3,(H2,25,26,27). The van der Waals surface area contributed by atoms with Crippen molar-refractivity contribution in [3.05, 3.63) is 44.7 Å². The Labute approximate surface area is 192 Å². The second kappa shape index (κ2) is 7.78. The fourth-order valence-corrected chi connectivity index (χ4v) is 6.71. The number of hydrogen-bond donors (Lipinski definition) is 3. The van der Waals surface area contributed by atoms with Crippen LogP contribution >= 0.6 is 11.6 Å². The summed E-state index contributed by atoms with van der Waals surface area (Å²) >= 11 is 6.62. The van der Waals surface area contributed by atoms with Gasteiger partial charge in [-0.05, 0) is 87.0 Å². The van der Waals surface area contributed by atoms with Crippen LogP contribution in [0.1, 0.15) is 72.6 Å². The number of furan rings is 1. The van der Waals surface area contributed by atoms with Crippen LogP contribution in [0, 0.1) is 0 Å². The molecule has 1 unspecified atom stereocenters. The summed E-state index contributed by atoms with van der Waals surface area (Å²) in [5, 5.41) is 14.0. The van der Waals surface area contributed by atoms with Crippen LogP contribution in [0.25, 0.3) is 0 Å². The van der Waals surface area contributed by atoms with Gasteiger partial charge in [0.05, 0.1) is 5.60 Å². The van der Waals surface area contributed by atoms with E-state index in [0.29, 0.717) is 29.9 Å². The zero-order valence-electron chi connectivity index (χ0n) is 18.0. The third-order valence-electron chi connectivity index (χ3n) is 6.98. The van der Waals surface area contributed by atoms with Crippen molar-refractivity contribution in [3.63, 3.8) is 0 Å². The monoisotopic (exact) mass is 478 g/mol. The predicted octanol–water partition coefficient (Wildman–Crippen LogP) is 4.35. The van der Waals surface area contributed by atoms with Gasteiger partial charge in [-0.15, -0.1) is 0 Å². The molecule has 7 nitrogen and oxygen atoms in total. The number of urea groups is 1. The maximum Gasteiger partial charge on any atom is 0.333 e. The molecule has 3 N–H and O–H groups in total. The van der Waals surface area contributed by atoms with Crippen molar-refractivity contribution in [2.75, 3.05) is 5.32 Å². The molecule has 1 atom stereocenters. The van der Waals surface area contributed by atoms with Crippen molar-refractivity contribution in [1.29, 1.82) is 0 Å². The van der Waals surface area contributed by atoms with Crippen LogP contribution in [0.15, 0.2) is 15.6 Å². The largest absolute Gasteiger partial charge is 0.447 e. The molecule has 0 spiro atoms. The van der Waals surface area contributed by atoms with Crippen LogP contribution in [0.2, 0.25) is 5.02 Å². The number of aryl methyl sites for hydroxylation is 1. The molecule has 0 bridgehead atoms. The molecule has 0 aliphatic heterocycles. The van der Waals surface area contributed by atoms with E-state index in [9.17, 15) is 18.3 Å². The van der Waals surface area contributed by atoms with E-state index in [1.54, 1.807) is 6.92 Å². The highest BCUT2D eigenvalue weighted by molar-refractivity contribution is 7.89. The molecule has 5 rings (SSSR count). The number of anilines is 1. The Bertz CT molecular complexity index is 1180. The highest BCUT2D eigenvalue weighted by Crippen LogP contribution is 2.44. The highest BCUT2D eigenvalue weighted by atomic mass is 35.5. The summed E-state index contributed by atoms with van der Waals surface area (Å²) in [6.45, 7) is 1.66. The lowest BCUT2D eigenvalue weighted by Gasteiger charge is -2.20. The minimum absolute atomic E-state index is 0.355. The topological polar surface area (TPSA) is 109 Å². The third-order valence-corrected chi connectivity index (χ3v) is 8.62. The molecule has 0 saturated heterocycles. The van der Waals surface area contributed by atoms with Gasteiger partial charge in [0.2, 0.25) is 5.09 Å². The van der Waals surface area contributed by atoms with Gasteiger partial charge in [-0.25, -0.2) is 9.52 Å². The van der Waals surface area contributed by atoms with Crippen LogP contribution in [0.3, 0.4) is 0 Å². The number of amides is 2. The molecule has 9 heteroatoms. The molecule has 32 heavy (non-hydrogen) atoms. The lowest BCUT2D eigenvalue weighted by molar-refractivity contribution is 0.0468. The van der Waals surface area contributed by atoms with E-state index in [-0.39, 0.29) is 5.09 Å². The van der Waals surface area contributed by atoms with Crippen LogP contribution in [-0.2, 0) is 47.7 Å². The maximum absolute atomic E-state index is 12.9. The lowest BCUT2D eigenvalue weighted by Crippen LogP contribution is -2.34. The number of carbonyl (C=O) groups excluding carboxylic acids is 1. The highest BCUT2D eigenvalue weighted by Gasteiger charge is 2.35. The second-order valence-electron chi connectivity index (χ2n) is 9.25. The van der Waals surface area contributed by atoms with Crippen molar-refractivity contribution in [2.45, 2.75) is 81.8 Å². The first-order valence-electron chi connectivity index (χ1n) is 11.2. The molecular weight excluding hydrogens is 452 g/mol. The average Bonchev–Trinajstić information content (AvgIpc) is 3.46.